The normalized spacial score (nSPS) is 10.3. The molecule has 1 amide bonds. The lowest BCUT2D eigenvalue weighted by atomic mass is 10.1. The summed E-state index contributed by atoms with van der Waals surface area (Å²) in [6.07, 6.45) is 0. The van der Waals surface area contributed by atoms with Gasteiger partial charge in [0, 0.05) is 31.0 Å². The number of nitrogens with one attached hydrogen (secondary N) is 1. The molecule has 3 aromatic rings. The van der Waals surface area contributed by atoms with Gasteiger partial charge >= 0.3 is 0 Å². The van der Waals surface area contributed by atoms with Crippen molar-refractivity contribution in [3.8, 4) is 11.5 Å². The number of benzene rings is 3. The van der Waals surface area contributed by atoms with Crippen LogP contribution in [0.5, 0.6) is 11.5 Å². The highest BCUT2D eigenvalue weighted by molar-refractivity contribution is 6.04. The first-order valence-corrected chi connectivity index (χ1v) is 9.42. The number of carbonyl (C=O) groups excluding carboxylic acids is 1. The quantitative estimate of drug-likeness (QED) is 0.623. The molecule has 0 radical (unpaired) electrons. The lowest BCUT2D eigenvalue weighted by Crippen LogP contribution is -2.14. The van der Waals surface area contributed by atoms with Crippen LogP contribution >= 0.6 is 0 Å². The third kappa shape index (κ3) is 5.08. The van der Waals surface area contributed by atoms with Crippen LogP contribution in [0.2, 0.25) is 0 Å². The largest absolute Gasteiger partial charge is 0.493 e. The topological polar surface area (TPSA) is 50.8 Å². The summed E-state index contributed by atoms with van der Waals surface area (Å²) in [6, 6.07) is 20.9. The molecule has 0 fully saturated rings. The fourth-order valence-corrected chi connectivity index (χ4v) is 3.10. The number of hydrogen-bond donors (Lipinski definition) is 1. The van der Waals surface area contributed by atoms with Crippen molar-refractivity contribution in [2.45, 2.75) is 13.5 Å². The molecule has 0 bridgehead atoms. The third-order valence-corrected chi connectivity index (χ3v) is 4.60. The highest BCUT2D eigenvalue weighted by atomic mass is 16.5. The number of ether oxygens (including phenoxy) is 2. The van der Waals surface area contributed by atoms with Crippen LogP contribution in [0.15, 0.2) is 66.7 Å². The van der Waals surface area contributed by atoms with Crippen molar-refractivity contribution in [2.24, 2.45) is 0 Å². The lowest BCUT2D eigenvalue weighted by molar-refractivity contribution is 0.102. The van der Waals surface area contributed by atoms with Gasteiger partial charge in [-0.25, -0.2) is 0 Å². The van der Waals surface area contributed by atoms with E-state index >= 15 is 0 Å². The Morgan fingerprint density at radius 1 is 0.966 bits per heavy atom. The molecule has 3 aromatic carbocycles. The number of nitrogens with zero attached hydrogens (tertiary/aromatic N) is 1. The molecule has 0 atom stereocenters. The molecule has 0 aliphatic carbocycles. The van der Waals surface area contributed by atoms with Crippen molar-refractivity contribution in [2.75, 3.05) is 31.4 Å². The Bertz CT molecular complexity index is 985. The van der Waals surface area contributed by atoms with Crippen LogP contribution in [-0.2, 0) is 6.61 Å². The third-order valence-electron chi connectivity index (χ3n) is 4.60. The molecule has 150 valence electrons. The van der Waals surface area contributed by atoms with E-state index in [4.69, 9.17) is 9.47 Å². The van der Waals surface area contributed by atoms with E-state index in [1.165, 1.54) is 0 Å². The van der Waals surface area contributed by atoms with Crippen molar-refractivity contribution in [1.29, 1.82) is 0 Å². The van der Waals surface area contributed by atoms with Crippen LogP contribution < -0.4 is 19.7 Å². The standard InChI is InChI=1S/C24H26N2O3/c1-17-14-20(11-12-21(17)26(2)3)25-24(27)19-10-13-22(23(15-19)28-4)29-16-18-8-6-5-7-9-18/h5-15H,16H2,1-4H3,(H,25,27). The molecule has 5 nitrogen and oxygen atoms in total. The average molecular weight is 390 g/mol. The molecular formula is C24H26N2O3. The van der Waals surface area contributed by atoms with Gasteiger partial charge in [0.25, 0.3) is 5.91 Å². The van der Waals surface area contributed by atoms with Crippen molar-refractivity contribution in [1.82, 2.24) is 0 Å². The van der Waals surface area contributed by atoms with Gasteiger partial charge in [-0.15, -0.1) is 0 Å². The number of aryl methyl sites for hydroxylation is 1. The SMILES string of the molecule is COc1cc(C(=O)Nc2ccc(N(C)C)c(C)c2)ccc1OCc1ccccc1. The monoisotopic (exact) mass is 390 g/mol. The Balaban J connectivity index is 1.71. The molecule has 0 aliphatic heterocycles. The predicted octanol–water partition coefficient (Wildman–Crippen LogP) is 4.90. The first-order chi connectivity index (χ1) is 14.0. The van der Waals surface area contributed by atoms with E-state index in [-0.39, 0.29) is 5.91 Å². The molecule has 3 rings (SSSR count). The predicted molar refractivity (Wildman–Crippen MR) is 117 cm³/mol. The molecule has 0 saturated carbocycles. The van der Waals surface area contributed by atoms with E-state index in [1.54, 1.807) is 25.3 Å². The summed E-state index contributed by atoms with van der Waals surface area (Å²) in [5.41, 5.74) is 4.53. The maximum absolute atomic E-state index is 12.7. The number of rotatable bonds is 7. The van der Waals surface area contributed by atoms with Crippen LogP contribution in [-0.4, -0.2) is 27.1 Å². The van der Waals surface area contributed by atoms with Crippen molar-refractivity contribution in [3.05, 3.63) is 83.4 Å². The fourth-order valence-electron chi connectivity index (χ4n) is 3.10. The minimum atomic E-state index is -0.199. The number of hydrogen-bond acceptors (Lipinski definition) is 4. The molecule has 1 N–H and O–H groups in total. The van der Waals surface area contributed by atoms with Gasteiger partial charge in [-0.2, -0.15) is 0 Å². The maximum Gasteiger partial charge on any atom is 0.255 e. The Labute approximate surface area is 171 Å². The maximum atomic E-state index is 12.7. The van der Waals surface area contributed by atoms with Gasteiger partial charge in [-0.05, 0) is 54.4 Å². The van der Waals surface area contributed by atoms with Gasteiger partial charge in [-0.3, -0.25) is 4.79 Å². The van der Waals surface area contributed by atoms with E-state index in [0.29, 0.717) is 23.7 Å². The zero-order valence-electron chi connectivity index (χ0n) is 17.2. The number of amides is 1. The first-order valence-electron chi connectivity index (χ1n) is 9.42. The minimum absolute atomic E-state index is 0.199. The highest BCUT2D eigenvalue weighted by Crippen LogP contribution is 2.29. The van der Waals surface area contributed by atoms with Crippen LogP contribution in [0.1, 0.15) is 21.5 Å². The Kier molecular flexibility index (Phi) is 6.39. The van der Waals surface area contributed by atoms with Crippen molar-refractivity contribution in [3.63, 3.8) is 0 Å². The Hall–Kier alpha value is -3.47. The van der Waals surface area contributed by atoms with Gasteiger partial charge < -0.3 is 19.7 Å². The molecule has 0 saturated heterocycles. The number of methoxy groups -OCH3 is 1. The molecular weight excluding hydrogens is 364 g/mol. The van der Waals surface area contributed by atoms with E-state index in [1.807, 2.05) is 74.4 Å². The van der Waals surface area contributed by atoms with E-state index in [9.17, 15) is 4.79 Å². The molecule has 29 heavy (non-hydrogen) atoms. The number of anilines is 2. The smallest absolute Gasteiger partial charge is 0.255 e. The second-order valence-electron chi connectivity index (χ2n) is 6.99. The summed E-state index contributed by atoms with van der Waals surface area (Å²) in [5, 5.41) is 2.94. The summed E-state index contributed by atoms with van der Waals surface area (Å²) < 4.78 is 11.3. The first kappa shape index (κ1) is 20.3. The average Bonchev–Trinajstić information content (AvgIpc) is 2.72. The molecule has 0 spiro atoms. The zero-order chi connectivity index (χ0) is 20.8. The van der Waals surface area contributed by atoms with Crippen LogP contribution in [0.4, 0.5) is 11.4 Å². The highest BCUT2D eigenvalue weighted by Gasteiger charge is 2.12. The Morgan fingerprint density at radius 2 is 1.72 bits per heavy atom. The molecule has 0 aromatic heterocycles. The number of carbonyl (C=O) groups is 1. The fraction of sp³-hybridized carbons (Fsp3) is 0.208. The lowest BCUT2D eigenvalue weighted by Gasteiger charge is -2.17. The molecule has 0 aliphatic rings. The summed E-state index contributed by atoms with van der Waals surface area (Å²) in [4.78, 5) is 14.7. The van der Waals surface area contributed by atoms with Crippen LogP contribution in [0.3, 0.4) is 0 Å². The zero-order valence-corrected chi connectivity index (χ0v) is 17.2. The molecule has 0 heterocycles. The van der Waals surface area contributed by atoms with Gasteiger partial charge in [0.05, 0.1) is 7.11 Å². The second kappa shape index (κ2) is 9.15. The van der Waals surface area contributed by atoms with Gasteiger partial charge in [0.2, 0.25) is 0 Å². The van der Waals surface area contributed by atoms with Gasteiger partial charge in [0.1, 0.15) is 6.61 Å². The summed E-state index contributed by atoms with van der Waals surface area (Å²) in [5.74, 6) is 0.918. The molecule has 5 heteroatoms. The van der Waals surface area contributed by atoms with Crippen LogP contribution in [0.25, 0.3) is 0 Å². The van der Waals surface area contributed by atoms with Crippen molar-refractivity contribution < 1.29 is 14.3 Å². The van der Waals surface area contributed by atoms with E-state index in [0.717, 1.165) is 22.5 Å². The Morgan fingerprint density at radius 3 is 2.38 bits per heavy atom. The second-order valence-corrected chi connectivity index (χ2v) is 6.99. The van der Waals surface area contributed by atoms with E-state index in [2.05, 4.69) is 5.32 Å². The van der Waals surface area contributed by atoms with Gasteiger partial charge in [0.15, 0.2) is 11.5 Å². The van der Waals surface area contributed by atoms with E-state index < -0.39 is 0 Å². The van der Waals surface area contributed by atoms with Gasteiger partial charge in [-0.1, -0.05) is 30.3 Å². The minimum Gasteiger partial charge on any atom is -0.493 e. The van der Waals surface area contributed by atoms with Crippen LogP contribution in [0, 0.1) is 6.92 Å². The summed E-state index contributed by atoms with van der Waals surface area (Å²) in [6.45, 7) is 2.45. The van der Waals surface area contributed by atoms with Crippen molar-refractivity contribution >= 4 is 17.3 Å². The summed E-state index contributed by atoms with van der Waals surface area (Å²) >= 11 is 0. The summed E-state index contributed by atoms with van der Waals surface area (Å²) in [7, 11) is 5.55. The molecule has 0 unspecified atom stereocenters.